The lowest BCUT2D eigenvalue weighted by Gasteiger charge is -2.51. The number of para-hydroxylation sites is 1. The van der Waals surface area contributed by atoms with Crippen molar-refractivity contribution in [1.29, 1.82) is 0 Å². The second-order valence-electron chi connectivity index (χ2n) is 32.1. The van der Waals surface area contributed by atoms with Crippen molar-refractivity contribution in [1.82, 2.24) is 0 Å². The quantitative estimate of drug-likeness (QED) is 0.165. The molecule has 6 aromatic carbocycles. The van der Waals surface area contributed by atoms with Crippen molar-refractivity contribution in [3.8, 4) is 0 Å². The molecule has 1 aromatic heterocycles. The zero-order valence-corrected chi connectivity index (χ0v) is 52.2. The van der Waals surface area contributed by atoms with Gasteiger partial charge >= 0.3 is 0 Å². The van der Waals surface area contributed by atoms with E-state index in [1.807, 2.05) is 0 Å². The second kappa shape index (κ2) is 16.6. The fourth-order valence-corrected chi connectivity index (χ4v) is 18.5. The van der Waals surface area contributed by atoms with Crippen LogP contribution in [0.4, 0.5) is 45.7 Å². The van der Waals surface area contributed by atoms with Crippen LogP contribution >= 0.6 is 0 Å². The van der Waals surface area contributed by atoms with Crippen molar-refractivity contribution in [3.05, 3.63) is 147 Å². The Morgan fingerprint density at radius 2 is 0.914 bits per heavy atom. The second-order valence-corrected chi connectivity index (χ2v) is 32.1. The maximum Gasteiger partial charge on any atom is 0.257 e. The van der Waals surface area contributed by atoms with Crippen molar-refractivity contribution in [3.63, 3.8) is 0 Å². The molecule has 5 heteroatoms. The van der Waals surface area contributed by atoms with E-state index in [9.17, 15) is 0 Å². The highest BCUT2D eigenvalue weighted by Crippen LogP contribution is 2.63. The molecule has 1 fully saturated rings. The molecule has 0 spiro atoms. The van der Waals surface area contributed by atoms with E-state index in [0.717, 1.165) is 37.2 Å². The number of hydrogen-bond acceptors (Lipinski definition) is 4. The first-order valence-corrected chi connectivity index (χ1v) is 31.9. The number of benzene rings is 6. The van der Waals surface area contributed by atoms with Gasteiger partial charge in [0.2, 0.25) is 5.88 Å². The van der Waals surface area contributed by atoms with Gasteiger partial charge in [-0.3, -0.25) is 4.90 Å². The van der Waals surface area contributed by atoms with Gasteiger partial charge in [-0.15, -0.1) is 0 Å². The molecule has 5 aliphatic carbocycles. The molecule has 4 unspecified atom stereocenters. The van der Waals surface area contributed by atoms with E-state index >= 15 is 0 Å². The highest BCUT2D eigenvalue weighted by atomic mass is 16.4. The summed E-state index contributed by atoms with van der Waals surface area (Å²) in [5.74, 6) is 1.96. The van der Waals surface area contributed by atoms with Crippen LogP contribution < -0.4 is 31.1 Å². The number of hydrogen-bond donors (Lipinski definition) is 0. The largest absolute Gasteiger partial charge is 0.440 e. The molecule has 8 aliphatic rings. The summed E-state index contributed by atoms with van der Waals surface area (Å²) in [6.45, 7) is 40.0. The van der Waals surface area contributed by atoms with Crippen LogP contribution in [0.25, 0.3) is 11.0 Å². The fraction of sp³-hybridized carbons (Fsp3) is 0.500. The third-order valence-electron chi connectivity index (χ3n) is 24.4. The number of anilines is 8. The maximum atomic E-state index is 7.86. The van der Waals surface area contributed by atoms with Crippen molar-refractivity contribution < 1.29 is 4.42 Å². The first-order chi connectivity index (χ1) is 38.2. The highest BCUT2D eigenvalue weighted by Gasteiger charge is 2.59. The number of nitrogens with zero attached hydrogens (tertiary/aromatic N) is 3. The van der Waals surface area contributed by atoms with E-state index in [4.69, 9.17) is 4.42 Å². The zero-order valence-electron chi connectivity index (χ0n) is 52.2. The molecule has 7 aromatic rings. The third-order valence-corrected chi connectivity index (χ3v) is 24.4. The van der Waals surface area contributed by atoms with Crippen LogP contribution in [0.15, 0.2) is 101 Å². The topological polar surface area (TPSA) is 22.9 Å². The van der Waals surface area contributed by atoms with Gasteiger partial charge in [0.25, 0.3) is 6.71 Å². The molecule has 0 bridgehead atoms. The normalized spacial score (nSPS) is 27.0. The molecule has 4 heterocycles. The minimum atomic E-state index is -0.138. The standard InChI is InChI=1S/C76H90BN3O/c1-45-23-24-46(2)51-42-65-52(41-50(45)51)66-68(81-65)79(48-26-28-54-57(38-48)72(9,10)34-32-70(54,5)6)64-40-49(80-61-22-18-17-21-55(61)75(15)29-19-20-30-76(75,80)16)39-63-67(64)77(66)60-43-58-59(74(13,14)36-35-73(58,11)12)44-62(60)78(63)47-25-27-53-56(37-47)71(7,8)33-31-69(53,3)4/h17-18,21-22,25-28,37-46H,19-20,23-24,29-36H2,1-16H3. The Morgan fingerprint density at radius 1 is 0.420 bits per heavy atom. The molecule has 0 amide bonds. The fourth-order valence-electron chi connectivity index (χ4n) is 18.5. The van der Waals surface area contributed by atoms with E-state index in [2.05, 4.69) is 223 Å². The van der Waals surface area contributed by atoms with Crippen molar-refractivity contribution in [2.45, 2.75) is 243 Å². The molecule has 4 atom stereocenters. The maximum absolute atomic E-state index is 7.86. The summed E-state index contributed by atoms with van der Waals surface area (Å²) in [4.78, 5) is 8.29. The van der Waals surface area contributed by atoms with Crippen LogP contribution in [0.5, 0.6) is 0 Å². The molecule has 4 nitrogen and oxygen atoms in total. The molecule has 15 rings (SSSR count). The molecule has 0 radical (unpaired) electrons. The summed E-state index contributed by atoms with van der Waals surface area (Å²) >= 11 is 0. The molecule has 0 saturated heterocycles. The molecule has 1 saturated carbocycles. The van der Waals surface area contributed by atoms with E-state index in [1.165, 1.54) is 163 Å². The number of furan rings is 1. The van der Waals surface area contributed by atoms with Gasteiger partial charge in [-0.1, -0.05) is 153 Å². The van der Waals surface area contributed by atoms with Gasteiger partial charge in [0, 0.05) is 56.1 Å². The van der Waals surface area contributed by atoms with Gasteiger partial charge in [0.15, 0.2) is 0 Å². The lowest BCUT2D eigenvalue weighted by Crippen LogP contribution is -2.61. The molecule has 418 valence electrons. The average molecular weight is 1070 g/mol. The Hall–Kier alpha value is -5.68. The molecular formula is C76H90BN3O. The first kappa shape index (κ1) is 52.2. The predicted octanol–water partition coefficient (Wildman–Crippen LogP) is 19.3. The summed E-state index contributed by atoms with van der Waals surface area (Å²) < 4.78 is 7.86. The van der Waals surface area contributed by atoms with E-state index in [0.29, 0.717) is 11.8 Å². The van der Waals surface area contributed by atoms with Crippen LogP contribution in [-0.4, -0.2) is 12.3 Å². The Bertz CT molecular complexity index is 3860. The van der Waals surface area contributed by atoms with Gasteiger partial charge < -0.3 is 14.2 Å². The SMILES string of the molecule is CC1CCC(C)c2cc3c4c(oc3cc21)N(c1ccc2c(c1)C(C)(C)CCC2(C)C)c1cc(N2c3ccccc3C3(C)CCCCC23C)cc2c1B4c1cc3c(cc1N2c1ccc2c(c1)C(C)(C)CCC2(C)C)C(C)(C)CCC3(C)C. The predicted molar refractivity (Wildman–Crippen MR) is 345 cm³/mol. The Kier molecular flexibility index (Phi) is 10.7. The highest BCUT2D eigenvalue weighted by molar-refractivity contribution is 7.01. The van der Waals surface area contributed by atoms with Crippen molar-refractivity contribution in [2.75, 3.05) is 14.7 Å². The van der Waals surface area contributed by atoms with Crippen molar-refractivity contribution >= 4 is 79.8 Å². The number of rotatable bonds is 3. The van der Waals surface area contributed by atoms with Crippen molar-refractivity contribution in [2.24, 2.45) is 0 Å². The summed E-state index contributed by atoms with van der Waals surface area (Å²) in [5, 5.41) is 1.29. The van der Waals surface area contributed by atoms with Crippen LogP contribution in [-0.2, 0) is 37.9 Å². The summed E-state index contributed by atoms with van der Waals surface area (Å²) in [5.41, 5.74) is 27.7. The Labute approximate surface area is 486 Å². The van der Waals surface area contributed by atoms with Gasteiger partial charge in [0.05, 0.1) is 5.54 Å². The molecule has 81 heavy (non-hydrogen) atoms. The smallest absolute Gasteiger partial charge is 0.257 e. The van der Waals surface area contributed by atoms with Gasteiger partial charge in [-0.05, 0) is 237 Å². The summed E-state index contributed by atoms with van der Waals surface area (Å²) in [7, 11) is 0. The van der Waals surface area contributed by atoms with E-state index < -0.39 is 0 Å². The lowest BCUT2D eigenvalue weighted by molar-refractivity contribution is 0.195. The third kappa shape index (κ3) is 7.02. The molecule has 3 aliphatic heterocycles. The van der Waals surface area contributed by atoms with Gasteiger partial charge in [0.1, 0.15) is 5.58 Å². The molecular weight excluding hydrogens is 982 g/mol. The van der Waals surface area contributed by atoms with Crippen LogP contribution in [0, 0.1) is 0 Å². The van der Waals surface area contributed by atoms with E-state index in [-0.39, 0.29) is 50.2 Å². The Morgan fingerprint density at radius 3 is 1.51 bits per heavy atom. The zero-order chi connectivity index (χ0) is 56.7. The van der Waals surface area contributed by atoms with E-state index in [1.54, 1.807) is 0 Å². The number of fused-ring (bicyclic) bond motifs is 13. The minimum absolute atomic E-state index is 0.00597. The molecule has 0 N–H and O–H groups in total. The summed E-state index contributed by atoms with van der Waals surface area (Å²) in [6.07, 6.45) is 14.3. The summed E-state index contributed by atoms with van der Waals surface area (Å²) in [6, 6.07) is 40.7. The van der Waals surface area contributed by atoms with Crippen LogP contribution in [0.3, 0.4) is 0 Å². The van der Waals surface area contributed by atoms with Gasteiger partial charge in [-0.2, -0.15) is 0 Å². The van der Waals surface area contributed by atoms with Crippen LogP contribution in [0.2, 0.25) is 0 Å². The monoisotopic (exact) mass is 1070 g/mol. The van der Waals surface area contributed by atoms with Crippen LogP contribution in [0.1, 0.15) is 250 Å². The minimum Gasteiger partial charge on any atom is -0.440 e. The lowest BCUT2D eigenvalue weighted by atomic mass is 9.33. The van der Waals surface area contributed by atoms with Gasteiger partial charge in [-0.25, -0.2) is 0 Å². The first-order valence-electron chi connectivity index (χ1n) is 31.9. The Balaban J connectivity index is 1.11. The average Bonchev–Trinajstić information content (AvgIpc) is 2.15.